The molecule has 0 aliphatic carbocycles. The van der Waals surface area contributed by atoms with Crippen LogP contribution in [0.5, 0.6) is 0 Å². The molecule has 2 fully saturated rings. The van der Waals surface area contributed by atoms with E-state index in [9.17, 15) is 4.79 Å². The van der Waals surface area contributed by atoms with Crippen molar-refractivity contribution in [2.45, 2.75) is 25.5 Å². The van der Waals surface area contributed by atoms with E-state index in [0.717, 1.165) is 43.9 Å². The number of nitrogens with zero attached hydrogens (tertiary/aromatic N) is 2. The lowest BCUT2D eigenvalue weighted by Gasteiger charge is -2.42. The summed E-state index contributed by atoms with van der Waals surface area (Å²) in [7, 11) is 0. The third-order valence-electron chi connectivity index (χ3n) is 5.11. The van der Waals surface area contributed by atoms with Crippen molar-refractivity contribution in [2.24, 2.45) is 11.8 Å². The standard InChI is InChI=1S/C19H23N3O3/c23-19(21-16-3-1-6-20-10-16)15-9-14-11-22(7-5-18(14)25-13-15)12-17-4-2-8-24-17/h1-4,6,8,10,14-15,18H,5,7,9,11-13H2,(H,21,23)/t14-,15-,18+/m0/s1. The lowest BCUT2D eigenvalue weighted by Crippen LogP contribution is -2.49. The van der Waals surface area contributed by atoms with Crippen molar-refractivity contribution in [3.63, 3.8) is 0 Å². The van der Waals surface area contributed by atoms with Crippen LogP contribution in [0.25, 0.3) is 0 Å². The van der Waals surface area contributed by atoms with Crippen molar-refractivity contribution in [3.05, 3.63) is 48.7 Å². The van der Waals surface area contributed by atoms with Crippen LogP contribution in [0.15, 0.2) is 47.3 Å². The Morgan fingerprint density at radius 3 is 3.12 bits per heavy atom. The van der Waals surface area contributed by atoms with E-state index < -0.39 is 0 Å². The van der Waals surface area contributed by atoms with E-state index in [0.29, 0.717) is 12.5 Å². The molecule has 2 aromatic rings. The second-order valence-corrected chi connectivity index (χ2v) is 6.90. The van der Waals surface area contributed by atoms with E-state index >= 15 is 0 Å². The van der Waals surface area contributed by atoms with Gasteiger partial charge in [0.1, 0.15) is 5.76 Å². The number of anilines is 1. The lowest BCUT2D eigenvalue weighted by molar-refractivity contribution is -0.134. The smallest absolute Gasteiger partial charge is 0.229 e. The Bertz CT molecular complexity index is 689. The first kappa shape index (κ1) is 16.3. The summed E-state index contributed by atoms with van der Waals surface area (Å²) >= 11 is 0. The van der Waals surface area contributed by atoms with Crippen LogP contribution < -0.4 is 5.32 Å². The zero-order valence-corrected chi connectivity index (χ0v) is 14.1. The largest absolute Gasteiger partial charge is 0.468 e. The highest BCUT2D eigenvalue weighted by atomic mass is 16.5. The van der Waals surface area contributed by atoms with Crippen molar-refractivity contribution >= 4 is 11.6 Å². The molecule has 132 valence electrons. The molecule has 1 amide bonds. The highest BCUT2D eigenvalue weighted by molar-refractivity contribution is 5.92. The fraction of sp³-hybridized carbons (Fsp3) is 0.474. The van der Waals surface area contributed by atoms with Crippen molar-refractivity contribution in [1.82, 2.24) is 9.88 Å². The van der Waals surface area contributed by atoms with Gasteiger partial charge in [0.05, 0.1) is 43.3 Å². The number of carbonyl (C=O) groups is 1. The number of carbonyl (C=O) groups excluding carboxylic acids is 1. The molecule has 0 saturated carbocycles. The summed E-state index contributed by atoms with van der Waals surface area (Å²) in [5, 5.41) is 2.94. The number of aromatic nitrogens is 1. The quantitative estimate of drug-likeness (QED) is 0.926. The molecule has 6 nitrogen and oxygen atoms in total. The molecule has 2 aliphatic heterocycles. The van der Waals surface area contributed by atoms with Crippen LogP contribution in [0.1, 0.15) is 18.6 Å². The van der Waals surface area contributed by atoms with Gasteiger partial charge in [0, 0.05) is 19.3 Å². The average Bonchev–Trinajstić information content (AvgIpc) is 3.15. The van der Waals surface area contributed by atoms with Gasteiger partial charge in [0.2, 0.25) is 5.91 Å². The summed E-state index contributed by atoms with van der Waals surface area (Å²) in [6.45, 7) is 3.28. The number of hydrogen-bond donors (Lipinski definition) is 1. The van der Waals surface area contributed by atoms with Crippen molar-refractivity contribution < 1.29 is 13.9 Å². The van der Waals surface area contributed by atoms with E-state index in [-0.39, 0.29) is 17.9 Å². The van der Waals surface area contributed by atoms with Gasteiger partial charge >= 0.3 is 0 Å². The van der Waals surface area contributed by atoms with E-state index in [1.165, 1.54) is 0 Å². The molecule has 2 saturated heterocycles. The molecule has 0 spiro atoms. The number of piperidine rings is 1. The number of fused-ring (bicyclic) bond motifs is 1. The number of rotatable bonds is 4. The third kappa shape index (κ3) is 3.91. The molecule has 0 aromatic carbocycles. The Morgan fingerprint density at radius 2 is 2.32 bits per heavy atom. The van der Waals surface area contributed by atoms with Gasteiger partial charge < -0.3 is 14.5 Å². The van der Waals surface area contributed by atoms with Crippen molar-refractivity contribution in [1.29, 1.82) is 0 Å². The summed E-state index contributed by atoms with van der Waals surface area (Å²) < 4.78 is 11.5. The zero-order valence-electron chi connectivity index (χ0n) is 14.1. The second kappa shape index (κ2) is 7.37. The maximum atomic E-state index is 12.5. The summed E-state index contributed by atoms with van der Waals surface area (Å²) in [5.74, 6) is 1.29. The maximum absolute atomic E-state index is 12.5. The molecule has 2 aliphatic rings. The molecule has 3 atom stereocenters. The summed E-state index contributed by atoms with van der Waals surface area (Å²) in [4.78, 5) is 19.0. The topological polar surface area (TPSA) is 67.6 Å². The average molecular weight is 341 g/mol. The van der Waals surface area contributed by atoms with E-state index in [2.05, 4.69) is 15.2 Å². The molecule has 0 bridgehead atoms. The van der Waals surface area contributed by atoms with E-state index in [4.69, 9.17) is 9.15 Å². The van der Waals surface area contributed by atoms with Gasteiger partial charge in [-0.05, 0) is 43.0 Å². The molecular formula is C19H23N3O3. The van der Waals surface area contributed by atoms with Crippen LogP contribution in [-0.4, -0.2) is 41.6 Å². The van der Waals surface area contributed by atoms with E-state index in [1.54, 1.807) is 18.7 Å². The highest BCUT2D eigenvalue weighted by Gasteiger charge is 2.38. The van der Waals surface area contributed by atoms with Gasteiger partial charge in [-0.1, -0.05) is 0 Å². The number of nitrogens with one attached hydrogen (secondary N) is 1. The number of hydrogen-bond acceptors (Lipinski definition) is 5. The monoisotopic (exact) mass is 341 g/mol. The van der Waals surface area contributed by atoms with Crippen LogP contribution in [0.2, 0.25) is 0 Å². The molecule has 25 heavy (non-hydrogen) atoms. The first-order chi connectivity index (χ1) is 12.3. The highest BCUT2D eigenvalue weighted by Crippen LogP contribution is 2.32. The van der Waals surface area contributed by atoms with Gasteiger partial charge in [-0.25, -0.2) is 0 Å². The predicted molar refractivity (Wildman–Crippen MR) is 92.8 cm³/mol. The van der Waals surface area contributed by atoms with Gasteiger partial charge in [0.25, 0.3) is 0 Å². The van der Waals surface area contributed by atoms with Gasteiger partial charge in [-0.3, -0.25) is 14.7 Å². The number of furan rings is 1. The number of ether oxygens (including phenoxy) is 1. The minimum atomic E-state index is -0.106. The van der Waals surface area contributed by atoms with Gasteiger partial charge in [0.15, 0.2) is 0 Å². The molecule has 4 rings (SSSR count). The molecule has 6 heteroatoms. The Balaban J connectivity index is 1.34. The maximum Gasteiger partial charge on any atom is 0.229 e. The van der Waals surface area contributed by atoms with Crippen LogP contribution in [0.3, 0.4) is 0 Å². The minimum Gasteiger partial charge on any atom is -0.468 e. The van der Waals surface area contributed by atoms with Crippen LogP contribution >= 0.6 is 0 Å². The number of amides is 1. The Labute approximate surface area is 147 Å². The normalized spacial score (nSPS) is 26.8. The molecule has 0 unspecified atom stereocenters. The summed E-state index contributed by atoms with van der Waals surface area (Å²) in [5.41, 5.74) is 0.734. The van der Waals surface area contributed by atoms with Crippen LogP contribution in [0, 0.1) is 11.8 Å². The lowest BCUT2D eigenvalue weighted by atomic mass is 9.83. The van der Waals surface area contributed by atoms with Gasteiger partial charge in [-0.15, -0.1) is 0 Å². The van der Waals surface area contributed by atoms with Crippen molar-refractivity contribution in [3.8, 4) is 0 Å². The molecule has 1 N–H and O–H groups in total. The zero-order chi connectivity index (χ0) is 17.1. The first-order valence-corrected chi connectivity index (χ1v) is 8.85. The van der Waals surface area contributed by atoms with Crippen molar-refractivity contribution in [2.75, 3.05) is 25.0 Å². The van der Waals surface area contributed by atoms with Gasteiger partial charge in [-0.2, -0.15) is 0 Å². The Kier molecular flexibility index (Phi) is 4.81. The SMILES string of the molecule is O=C(Nc1cccnc1)[C@@H]1CO[C@@H]2CCN(Cc3ccco3)C[C@@H]2C1. The fourth-order valence-electron chi connectivity index (χ4n) is 3.84. The number of pyridine rings is 1. The third-order valence-corrected chi connectivity index (χ3v) is 5.11. The first-order valence-electron chi connectivity index (χ1n) is 8.85. The number of likely N-dealkylation sites (tertiary alicyclic amines) is 1. The van der Waals surface area contributed by atoms with Crippen LogP contribution in [0.4, 0.5) is 5.69 Å². The Morgan fingerprint density at radius 1 is 1.36 bits per heavy atom. The molecule has 0 radical (unpaired) electrons. The summed E-state index contributed by atoms with van der Waals surface area (Å²) in [6.07, 6.45) is 7.23. The predicted octanol–water partition coefficient (Wildman–Crippen LogP) is 2.54. The second-order valence-electron chi connectivity index (χ2n) is 6.90. The summed E-state index contributed by atoms with van der Waals surface area (Å²) in [6, 6.07) is 7.60. The molecular weight excluding hydrogens is 318 g/mol. The Hall–Kier alpha value is -2.18. The van der Waals surface area contributed by atoms with Crippen LogP contribution in [-0.2, 0) is 16.1 Å². The molecule has 4 heterocycles. The molecule has 2 aromatic heterocycles. The van der Waals surface area contributed by atoms with E-state index in [1.807, 2.05) is 24.3 Å². The fourth-order valence-corrected chi connectivity index (χ4v) is 3.84. The minimum absolute atomic E-state index is 0.0228.